The first-order chi connectivity index (χ1) is 33.1. The number of alkyl halides is 3. The lowest BCUT2D eigenvalue weighted by Crippen LogP contribution is -2.59. The quantitative estimate of drug-likeness (QED) is 0.0899. The normalized spacial score (nSPS) is 21.9. The molecule has 378 valence electrons. The van der Waals surface area contributed by atoms with E-state index in [9.17, 15) is 37.1 Å². The van der Waals surface area contributed by atoms with Crippen LogP contribution in [0.3, 0.4) is 0 Å². The van der Waals surface area contributed by atoms with Crippen molar-refractivity contribution < 1.29 is 56.1 Å². The Morgan fingerprint density at radius 3 is 2.33 bits per heavy atom. The number of ether oxygens (including phenoxy) is 4. The summed E-state index contributed by atoms with van der Waals surface area (Å²) in [5, 5.41) is 12.0. The van der Waals surface area contributed by atoms with Crippen molar-refractivity contribution in [1.82, 2.24) is 45.6 Å². The number of halogens is 3. The van der Waals surface area contributed by atoms with Gasteiger partial charge in [-0.3, -0.25) is 29.0 Å². The summed E-state index contributed by atoms with van der Waals surface area (Å²) in [5.74, 6) is -1.44. The molecule has 0 unspecified atom stereocenters. The molecule has 3 aromatic rings. The number of likely N-dealkylation sites (tertiary alicyclic amines) is 2. The highest BCUT2D eigenvalue weighted by Gasteiger charge is 2.44. The van der Waals surface area contributed by atoms with Crippen LogP contribution in [0.4, 0.5) is 19.0 Å². The Labute approximate surface area is 399 Å². The summed E-state index contributed by atoms with van der Waals surface area (Å²) in [7, 11) is 3.73. The van der Waals surface area contributed by atoms with Gasteiger partial charge in [-0.2, -0.15) is 13.2 Å². The molecule has 2 aromatic heterocycles. The fourth-order valence-electron chi connectivity index (χ4n) is 9.09. The minimum Gasteiger partial charge on any atom is -0.379 e. The maximum Gasteiger partial charge on any atom is 0.416 e. The van der Waals surface area contributed by atoms with Crippen LogP contribution < -0.4 is 21.3 Å². The van der Waals surface area contributed by atoms with Gasteiger partial charge in [0.2, 0.25) is 29.5 Å². The van der Waals surface area contributed by atoms with E-state index >= 15 is 0 Å². The van der Waals surface area contributed by atoms with Gasteiger partial charge in [0.1, 0.15) is 24.8 Å². The molecule has 1 saturated carbocycles. The summed E-state index contributed by atoms with van der Waals surface area (Å²) >= 11 is 0. The van der Waals surface area contributed by atoms with Crippen LogP contribution in [0.5, 0.6) is 0 Å². The van der Waals surface area contributed by atoms with Crippen molar-refractivity contribution >= 4 is 46.3 Å². The number of fused-ring (bicyclic) bond motifs is 1. The second-order valence-corrected chi connectivity index (χ2v) is 17.8. The van der Waals surface area contributed by atoms with E-state index in [0.29, 0.717) is 31.3 Å². The molecule has 22 heteroatoms. The van der Waals surface area contributed by atoms with Gasteiger partial charge in [0.25, 0.3) is 0 Å². The smallest absolute Gasteiger partial charge is 0.379 e. The fourth-order valence-corrected chi connectivity index (χ4v) is 9.09. The molecule has 2 saturated heterocycles. The summed E-state index contributed by atoms with van der Waals surface area (Å²) < 4.78 is 62.8. The Bertz CT molecular complexity index is 2190. The van der Waals surface area contributed by atoms with Crippen LogP contribution in [0.15, 0.2) is 49.1 Å². The van der Waals surface area contributed by atoms with Crippen LogP contribution in [-0.4, -0.2) is 176 Å². The maximum atomic E-state index is 13.9. The van der Waals surface area contributed by atoms with Crippen molar-refractivity contribution in [2.75, 3.05) is 91.9 Å². The Morgan fingerprint density at radius 2 is 1.62 bits per heavy atom. The molecule has 3 fully saturated rings. The van der Waals surface area contributed by atoms with E-state index in [4.69, 9.17) is 18.9 Å². The first kappa shape index (κ1) is 52.8. The van der Waals surface area contributed by atoms with Gasteiger partial charge in [-0.05, 0) is 76.4 Å². The number of carbonyl (C=O) groups excluding carboxylic acids is 5. The fraction of sp³-hybridized carbons (Fsp3) is 0.617. The molecule has 0 bridgehead atoms. The molecule has 1 aromatic carbocycles. The highest BCUT2D eigenvalue weighted by atomic mass is 19.4. The maximum absolute atomic E-state index is 13.9. The van der Waals surface area contributed by atoms with Gasteiger partial charge in [-0.25, -0.2) is 9.97 Å². The van der Waals surface area contributed by atoms with Crippen molar-refractivity contribution in [3.05, 3.63) is 60.2 Å². The number of rotatable bonds is 25. The van der Waals surface area contributed by atoms with Gasteiger partial charge in [0, 0.05) is 69.4 Å². The highest BCUT2D eigenvalue weighted by molar-refractivity contribution is 5.93. The largest absolute Gasteiger partial charge is 0.416 e. The van der Waals surface area contributed by atoms with Crippen LogP contribution in [0.2, 0.25) is 0 Å². The summed E-state index contributed by atoms with van der Waals surface area (Å²) in [6, 6.07) is 5.54. The van der Waals surface area contributed by atoms with Crippen LogP contribution in [0.25, 0.3) is 10.9 Å². The minimum absolute atomic E-state index is 0.0970. The molecule has 1 aliphatic carbocycles. The second kappa shape index (κ2) is 25.3. The number of benzene rings is 1. The van der Waals surface area contributed by atoms with E-state index in [1.807, 2.05) is 13.1 Å². The lowest BCUT2D eigenvalue weighted by molar-refractivity contribution is -0.137. The Kier molecular flexibility index (Phi) is 19.4. The van der Waals surface area contributed by atoms with E-state index in [0.717, 1.165) is 24.1 Å². The van der Waals surface area contributed by atoms with Gasteiger partial charge in [0.15, 0.2) is 0 Å². The number of hydrogen-bond acceptors (Lipinski definition) is 14. The highest BCUT2D eigenvalue weighted by Crippen LogP contribution is 2.37. The average Bonchev–Trinajstić information content (AvgIpc) is 3.84. The van der Waals surface area contributed by atoms with Crippen molar-refractivity contribution in [2.24, 2.45) is 5.92 Å². The molecule has 2 aliphatic heterocycles. The third-order valence-corrected chi connectivity index (χ3v) is 13.0. The van der Waals surface area contributed by atoms with Gasteiger partial charge in [-0.1, -0.05) is 6.07 Å². The number of anilines is 1. The third kappa shape index (κ3) is 14.7. The molecule has 3 aliphatic rings. The zero-order chi connectivity index (χ0) is 49.5. The van der Waals surface area contributed by atoms with Gasteiger partial charge in [0.05, 0.1) is 81.4 Å². The van der Waals surface area contributed by atoms with Gasteiger partial charge >= 0.3 is 6.18 Å². The van der Waals surface area contributed by atoms with E-state index in [1.54, 1.807) is 35.3 Å². The molecule has 6 rings (SSSR count). The standard InChI is InChI=1S/C47H65F3N10O9/c1-30(2)58(3)33-8-10-39(60-16-11-37(46(60)65)57-44-34-24-32(47(48,49)50)7-9-36(34)54-29-55-44)38(25-33)56-41(62)28-69-23-22-67-18-14-52-40(61)12-17-66-20-21-68-19-15-53-45(64)35-26-42(63)59(4)43(35)31-6-5-13-51-27-31/h5-7,9,13,24,27,29-30,33,35,37-39,43H,8,10-12,14-23,25-26,28H2,1-4H3,(H,52,61)(H,53,64)(H,56,62)(H,54,55,57)/t33-,35+,37+,38-,39+,43-/m1/s1. The monoisotopic (exact) mass is 970 g/mol. The molecule has 4 heterocycles. The Balaban J connectivity index is 0.822. The van der Waals surface area contributed by atoms with E-state index in [2.05, 4.69) is 55.0 Å². The van der Waals surface area contributed by atoms with E-state index in [1.165, 1.54) is 12.4 Å². The summed E-state index contributed by atoms with van der Waals surface area (Å²) in [6.07, 6.45) is 2.76. The molecule has 19 nitrogen and oxygen atoms in total. The molecule has 69 heavy (non-hydrogen) atoms. The zero-order valence-corrected chi connectivity index (χ0v) is 39.7. The number of nitrogens with one attached hydrogen (secondary N) is 4. The third-order valence-electron chi connectivity index (χ3n) is 13.0. The topological polar surface area (TPSA) is 219 Å². The number of carbonyl (C=O) groups is 5. The number of nitrogens with zero attached hydrogens (tertiary/aromatic N) is 6. The van der Waals surface area contributed by atoms with E-state index in [-0.39, 0.29) is 150 Å². The predicted molar refractivity (Wildman–Crippen MR) is 246 cm³/mol. The first-order valence-electron chi connectivity index (χ1n) is 23.5. The van der Waals surface area contributed by atoms with Crippen molar-refractivity contribution in [3.63, 3.8) is 0 Å². The number of aromatic nitrogens is 3. The summed E-state index contributed by atoms with van der Waals surface area (Å²) in [6.45, 7) is 6.53. The average molecular weight is 971 g/mol. The summed E-state index contributed by atoms with van der Waals surface area (Å²) in [5.41, 5.74) is 0.288. The van der Waals surface area contributed by atoms with Crippen LogP contribution >= 0.6 is 0 Å². The molecule has 4 N–H and O–H groups in total. The number of amides is 5. The van der Waals surface area contributed by atoms with Gasteiger partial charge < -0.3 is 54.9 Å². The molecule has 6 atom stereocenters. The molecule has 0 radical (unpaired) electrons. The molecule has 5 amide bonds. The first-order valence-corrected chi connectivity index (χ1v) is 23.5. The molecule has 0 spiro atoms. The SMILES string of the molecule is CC(C)N(C)[C@@H]1CC[C@H](N2CC[C@H](Nc3ncnc4ccc(C(F)(F)F)cc34)C2=O)[C@H](NC(=O)COCCOCCNC(=O)CCOCCOCCNC(=O)[C@H]2CC(=O)N(C)[C@@H]2c2cccnc2)C1. The predicted octanol–water partition coefficient (Wildman–Crippen LogP) is 2.71. The lowest BCUT2D eigenvalue weighted by Gasteiger charge is -2.44. The number of pyridine rings is 1. The van der Waals surface area contributed by atoms with Crippen molar-refractivity contribution in [2.45, 2.75) is 94.8 Å². The van der Waals surface area contributed by atoms with Crippen LogP contribution in [0, 0.1) is 5.92 Å². The number of hydrogen-bond donors (Lipinski definition) is 4. The van der Waals surface area contributed by atoms with Crippen LogP contribution in [-0.2, 0) is 49.1 Å². The van der Waals surface area contributed by atoms with Gasteiger partial charge in [-0.15, -0.1) is 0 Å². The minimum atomic E-state index is -4.56. The molecular weight excluding hydrogens is 906 g/mol. The lowest BCUT2D eigenvalue weighted by atomic mass is 9.84. The van der Waals surface area contributed by atoms with Crippen LogP contribution in [0.1, 0.15) is 69.5 Å². The van der Waals surface area contributed by atoms with Crippen molar-refractivity contribution in [1.29, 1.82) is 0 Å². The van der Waals surface area contributed by atoms with E-state index < -0.39 is 23.7 Å². The summed E-state index contributed by atoms with van der Waals surface area (Å²) in [4.78, 5) is 82.6. The Hall–Kier alpha value is -5.55. The second-order valence-electron chi connectivity index (χ2n) is 17.8. The van der Waals surface area contributed by atoms with Crippen molar-refractivity contribution in [3.8, 4) is 0 Å². The zero-order valence-electron chi connectivity index (χ0n) is 39.7. The Morgan fingerprint density at radius 1 is 0.899 bits per heavy atom. The molecular formula is C47H65F3N10O9.